The van der Waals surface area contributed by atoms with E-state index in [0.29, 0.717) is 5.69 Å². The molecule has 1 aliphatic heterocycles. The third-order valence-electron chi connectivity index (χ3n) is 3.80. The van der Waals surface area contributed by atoms with Gasteiger partial charge in [-0.05, 0) is 54.9 Å². The number of anilines is 2. The van der Waals surface area contributed by atoms with E-state index >= 15 is 0 Å². The standard InChI is InChI=1S/C18H18N2O2S/c1-3-13-6-8-14(9-7-13)19-16-17(21)20(18(22)23-16)15-10-4-12(2)5-11-15/h4-11,16,19H,3H2,1-2H3. The smallest absolute Gasteiger partial charge is 0.295 e. The van der Waals surface area contributed by atoms with Crippen molar-refractivity contribution < 1.29 is 9.59 Å². The number of nitrogens with zero attached hydrogens (tertiary/aromatic N) is 1. The summed E-state index contributed by atoms with van der Waals surface area (Å²) in [5.74, 6) is -0.233. The van der Waals surface area contributed by atoms with Crippen LogP contribution < -0.4 is 10.2 Å². The molecule has 1 unspecified atom stereocenters. The Hall–Kier alpha value is -2.27. The molecule has 1 fully saturated rings. The fourth-order valence-corrected chi connectivity index (χ4v) is 3.32. The first-order valence-electron chi connectivity index (χ1n) is 7.55. The van der Waals surface area contributed by atoms with Crippen molar-refractivity contribution in [2.75, 3.05) is 10.2 Å². The second kappa shape index (κ2) is 6.46. The van der Waals surface area contributed by atoms with Gasteiger partial charge in [0.25, 0.3) is 11.1 Å². The Balaban J connectivity index is 1.76. The second-order valence-corrected chi connectivity index (χ2v) is 6.52. The quantitative estimate of drug-likeness (QED) is 0.915. The van der Waals surface area contributed by atoms with Crippen LogP contribution in [0.5, 0.6) is 0 Å². The number of hydrogen-bond acceptors (Lipinski definition) is 4. The van der Waals surface area contributed by atoms with Crippen LogP contribution in [0.25, 0.3) is 0 Å². The summed E-state index contributed by atoms with van der Waals surface area (Å²) in [7, 11) is 0. The predicted molar refractivity (Wildman–Crippen MR) is 94.9 cm³/mol. The minimum Gasteiger partial charge on any atom is -0.365 e. The Labute approximate surface area is 139 Å². The number of amides is 2. The molecule has 0 bridgehead atoms. The van der Waals surface area contributed by atoms with Gasteiger partial charge in [0.1, 0.15) is 0 Å². The molecule has 118 valence electrons. The highest BCUT2D eigenvalue weighted by Gasteiger charge is 2.40. The van der Waals surface area contributed by atoms with E-state index in [1.807, 2.05) is 43.3 Å². The summed E-state index contributed by atoms with van der Waals surface area (Å²) in [5, 5.41) is 2.30. The Morgan fingerprint density at radius 2 is 1.70 bits per heavy atom. The van der Waals surface area contributed by atoms with E-state index in [0.717, 1.165) is 29.4 Å². The zero-order chi connectivity index (χ0) is 16.4. The maximum atomic E-state index is 12.6. The minimum absolute atomic E-state index is 0.233. The number of benzene rings is 2. The third kappa shape index (κ3) is 3.24. The van der Waals surface area contributed by atoms with Gasteiger partial charge >= 0.3 is 0 Å². The molecule has 1 aliphatic rings. The summed E-state index contributed by atoms with van der Waals surface area (Å²) in [6.07, 6.45) is 0.969. The zero-order valence-corrected chi connectivity index (χ0v) is 13.9. The highest BCUT2D eigenvalue weighted by molar-refractivity contribution is 8.16. The normalized spacial score (nSPS) is 17.7. The van der Waals surface area contributed by atoms with Gasteiger partial charge < -0.3 is 5.32 Å². The molecule has 23 heavy (non-hydrogen) atoms. The van der Waals surface area contributed by atoms with E-state index < -0.39 is 5.37 Å². The Morgan fingerprint density at radius 3 is 2.30 bits per heavy atom. The highest BCUT2D eigenvalue weighted by atomic mass is 32.2. The molecule has 0 radical (unpaired) electrons. The van der Waals surface area contributed by atoms with Crippen LogP contribution in [0.15, 0.2) is 48.5 Å². The van der Waals surface area contributed by atoms with Crippen LogP contribution in [-0.4, -0.2) is 16.5 Å². The molecule has 0 aliphatic carbocycles. The molecule has 3 rings (SSSR count). The number of thioether (sulfide) groups is 1. The molecule has 2 amide bonds. The van der Waals surface area contributed by atoms with Crippen molar-refractivity contribution in [2.24, 2.45) is 0 Å². The van der Waals surface area contributed by atoms with Crippen molar-refractivity contribution >= 4 is 34.3 Å². The van der Waals surface area contributed by atoms with Gasteiger partial charge in [-0.1, -0.05) is 36.8 Å². The first-order chi connectivity index (χ1) is 11.1. The van der Waals surface area contributed by atoms with Gasteiger partial charge in [-0.25, -0.2) is 4.90 Å². The number of carbonyl (C=O) groups excluding carboxylic acids is 2. The number of hydrogen-bond donors (Lipinski definition) is 1. The first kappa shape index (κ1) is 15.6. The van der Waals surface area contributed by atoms with Crippen LogP contribution in [0.3, 0.4) is 0 Å². The maximum Gasteiger partial charge on any atom is 0.295 e. The van der Waals surface area contributed by atoms with Crippen molar-refractivity contribution in [1.29, 1.82) is 0 Å². The van der Waals surface area contributed by atoms with Crippen molar-refractivity contribution in [3.05, 3.63) is 59.7 Å². The number of carbonyl (C=O) groups is 2. The highest BCUT2D eigenvalue weighted by Crippen LogP contribution is 2.32. The van der Waals surface area contributed by atoms with Gasteiger partial charge in [-0.3, -0.25) is 9.59 Å². The molecular formula is C18H18N2O2S. The van der Waals surface area contributed by atoms with Crippen molar-refractivity contribution in [1.82, 2.24) is 0 Å². The van der Waals surface area contributed by atoms with Gasteiger partial charge in [-0.2, -0.15) is 0 Å². The lowest BCUT2D eigenvalue weighted by Crippen LogP contribution is -2.34. The van der Waals surface area contributed by atoms with E-state index in [1.54, 1.807) is 12.1 Å². The number of aryl methyl sites for hydroxylation is 2. The fourth-order valence-electron chi connectivity index (χ4n) is 2.42. The second-order valence-electron chi connectivity index (χ2n) is 5.47. The molecule has 5 heteroatoms. The van der Waals surface area contributed by atoms with Crippen LogP contribution >= 0.6 is 11.8 Å². The molecule has 2 aromatic carbocycles. The van der Waals surface area contributed by atoms with Gasteiger partial charge in [0.15, 0.2) is 5.37 Å². The predicted octanol–water partition coefficient (Wildman–Crippen LogP) is 4.20. The summed E-state index contributed by atoms with van der Waals surface area (Å²) in [5.41, 5.74) is 3.78. The molecule has 0 spiro atoms. The molecule has 1 heterocycles. The van der Waals surface area contributed by atoms with E-state index in [9.17, 15) is 9.59 Å². The Bertz CT molecular complexity index is 726. The van der Waals surface area contributed by atoms with E-state index in [2.05, 4.69) is 12.2 Å². The minimum atomic E-state index is -0.587. The Morgan fingerprint density at radius 1 is 1.04 bits per heavy atom. The van der Waals surface area contributed by atoms with Crippen LogP contribution in [0.2, 0.25) is 0 Å². The monoisotopic (exact) mass is 326 g/mol. The van der Waals surface area contributed by atoms with E-state index in [-0.39, 0.29) is 11.1 Å². The molecule has 0 saturated carbocycles. The lowest BCUT2D eigenvalue weighted by atomic mass is 10.1. The van der Waals surface area contributed by atoms with Gasteiger partial charge in [-0.15, -0.1) is 0 Å². The zero-order valence-electron chi connectivity index (χ0n) is 13.1. The number of imide groups is 1. The fraction of sp³-hybridized carbons (Fsp3) is 0.222. The van der Waals surface area contributed by atoms with Gasteiger partial charge in [0.05, 0.1) is 5.69 Å². The van der Waals surface area contributed by atoms with E-state index in [4.69, 9.17) is 0 Å². The largest absolute Gasteiger partial charge is 0.365 e. The third-order valence-corrected chi connectivity index (χ3v) is 4.74. The van der Waals surface area contributed by atoms with Crippen molar-refractivity contribution in [2.45, 2.75) is 25.6 Å². The number of rotatable bonds is 4. The SMILES string of the molecule is CCc1ccc(NC2SC(=O)N(c3ccc(C)cc3)C2=O)cc1. The van der Waals surface area contributed by atoms with E-state index in [1.165, 1.54) is 10.5 Å². The van der Waals surface area contributed by atoms with Crippen molar-refractivity contribution in [3.63, 3.8) is 0 Å². The lowest BCUT2D eigenvalue weighted by Gasteiger charge is -2.15. The maximum absolute atomic E-state index is 12.6. The first-order valence-corrected chi connectivity index (χ1v) is 8.43. The molecular weight excluding hydrogens is 308 g/mol. The van der Waals surface area contributed by atoms with Gasteiger partial charge in [0.2, 0.25) is 0 Å². The summed E-state index contributed by atoms with van der Waals surface area (Å²) in [6, 6.07) is 15.3. The Kier molecular flexibility index (Phi) is 4.39. The summed E-state index contributed by atoms with van der Waals surface area (Å²) in [4.78, 5) is 26.0. The molecule has 0 aromatic heterocycles. The summed E-state index contributed by atoms with van der Waals surface area (Å²) >= 11 is 1.01. The lowest BCUT2D eigenvalue weighted by molar-refractivity contribution is -0.116. The topological polar surface area (TPSA) is 49.4 Å². The average Bonchev–Trinajstić information content (AvgIpc) is 2.83. The summed E-state index contributed by atoms with van der Waals surface area (Å²) in [6.45, 7) is 4.06. The average molecular weight is 326 g/mol. The van der Waals surface area contributed by atoms with Crippen LogP contribution in [-0.2, 0) is 11.2 Å². The molecule has 1 atom stereocenters. The summed E-state index contributed by atoms with van der Waals surface area (Å²) < 4.78 is 0. The number of nitrogens with one attached hydrogen (secondary N) is 1. The van der Waals surface area contributed by atoms with Crippen LogP contribution in [0.1, 0.15) is 18.1 Å². The van der Waals surface area contributed by atoms with Crippen LogP contribution in [0, 0.1) is 6.92 Å². The molecule has 1 saturated heterocycles. The molecule has 4 nitrogen and oxygen atoms in total. The van der Waals surface area contributed by atoms with Crippen LogP contribution in [0.4, 0.5) is 16.2 Å². The molecule has 2 aromatic rings. The van der Waals surface area contributed by atoms with Gasteiger partial charge in [0, 0.05) is 5.69 Å². The molecule has 1 N–H and O–H groups in total. The van der Waals surface area contributed by atoms with Crippen molar-refractivity contribution in [3.8, 4) is 0 Å².